The van der Waals surface area contributed by atoms with E-state index in [0.29, 0.717) is 7.92 Å². The van der Waals surface area contributed by atoms with E-state index in [9.17, 15) is 0 Å². The Hall–Kier alpha value is 0.430. The average Bonchev–Trinajstić information content (AvgIpc) is 2.21. The van der Waals surface area contributed by atoms with Crippen molar-refractivity contribution in [1.82, 2.24) is 0 Å². The zero-order valence-electron chi connectivity index (χ0n) is 4.28. The summed E-state index contributed by atoms with van der Waals surface area (Å²) in [6.45, 7) is 2.28. The van der Waals surface area contributed by atoms with Crippen LogP contribution in [0.1, 0.15) is 13.3 Å². The van der Waals surface area contributed by atoms with Crippen LogP contribution in [0.15, 0.2) is 0 Å². The van der Waals surface area contributed by atoms with E-state index in [-0.39, 0.29) is 0 Å². The van der Waals surface area contributed by atoms with Crippen molar-refractivity contribution < 1.29 is 0 Å². The van der Waals surface area contributed by atoms with Gasteiger partial charge in [-0.25, -0.2) is 0 Å². The SMILES string of the molecule is CCCP1CC1. The average molecular weight is 102 g/mol. The van der Waals surface area contributed by atoms with Gasteiger partial charge in [0.2, 0.25) is 0 Å². The molecule has 1 aliphatic rings. The van der Waals surface area contributed by atoms with Gasteiger partial charge in [-0.3, -0.25) is 0 Å². The smallest absolute Gasteiger partial charge is 0.0286 e. The first kappa shape index (κ1) is 4.59. The Morgan fingerprint density at radius 2 is 2.17 bits per heavy atom. The molecule has 0 saturated carbocycles. The quantitative estimate of drug-likeness (QED) is 0.467. The second-order valence-electron chi connectivity index (χ2n) is 1.84. The van der Waals surface area contributed by atoms with Crippen LogP contribution < -0.4 is 0 Å². The van der Waals surface area contributed by atoms with E-state index in [1.165, 1.54) is 6.42 Å². The van der Waals surface area contributed by atoms with Gasteiger partial charge >= 0.3 is 0 Å². The van der Waals surface area contributed by atoms with Crippen molar-refractivity contribution in [2.75, 3.05) is 18.5 Å². The molecule has 1 heterocycles. The highest BCUT2D eigenvalue weighted by atomic mass is 31.1. The van der Waals surface area contributed by atoms with Gasteiger partial charge in [-0.2, -0.15) is 0 Å². The molecule has 0 nitrogen and oxygen atoms in total. The van der Waals surface area contributed by atoms with Crippen LogP contribution in [0.5, 0.6) is 0 Å². The van der Waals surface area contributed by atoms with Crippen LogP contribution >= 0.6 is 7.92 Å². The van der Waals surface area contributed by atoms with Gasteiger partial charge in [-0.15, -0.1) is 7.92 Å². The van der Waals surface area contributed by atoms with E-state index >= 15 is 0 Å². The fraction of sp³-hybridized carbons (Fsp3) is 1.00. The number of rotatable bonds is 2. The second-order valence-corrected chi connectivity index (χ2v) is 4.52. The van der Waals surface area contributed by atoms with Crippen molar-refractivity contribution in [3.05, 3.63) is 0 Å². The molecule has 0 bridgehead atoms. The lowest BCUT2D eigenvalue weighted by Gasteiger charge is -1.84. The van der Waals surface area contributed by atoms with Gasteiger partial charge in [-0.1, -0.05) is 13.3 Å². The first-order valence-electron chi connectivity index (χ1n) is 2.66. The lowest BCUT2D eigenvalue weighted by molar-refractivity contribution is 1.10. The van der Waals surface area contributed by atoms with E-state index in [0.717, 1.165) is 0 Å². The Kier molecular flexibility index (Phi) is 1.48. The molecule has 1 rings (SSSR count). The molecule has 0 spiro atoms. The number of hydrogen-bond donors (Lipinski definition) is 0. The highest BCUT2D eigenvalue weighted by Crippen LogP contribution is 2.50. The third-order valence-electron chi connectivity index (χ3n) is 1.08. The summed E-state index contributed by atoms with van der Waals surface area (Å²) in [5.41, 5.74) is 0. The lowest BCUT2D eigenvalue weighted by Crippen LogP contribution is -1.63. The maximum atomic E-state index is 2.28. The highest BCUT2D eigenvalue weighted by Gasteiger charge is 2.17. The first-order valence-corrected chi connectivity index (χ1v) is 4.55. The van der Waals surface area contributed by atoms with Crippen LogP contribution in [0.25, 0.3) is 0 Å². The van der Waals surface area contributed by atoms with E-state index in [2.05, 4.69) is 6.92 Å². The summed E-state index contributed by atoms with van der Waals surface area (Å²) in [4.78, 5) is 0. The summed E-state index contributed by atoms with van der Waals surface area (Å²) in [5, 5.41) is 0. The van der Waals surface area contributed by atoms with Gasteiger partial charge in [0.1, 0.15) is 0 Å². The zero-order chi connectivity index (χ0) is 4.41. The largest absolute Gasteiger partial charge is 0.106 e. The van der Waals surface area contributed by atoms with E-state index in [4.69, 9.17) is 0 Å². The molecule has 0 aromatic carbocycles. The maximum absolute atomic E-state index is 2.28. The normalized spacial score (nSPS) is 21.5. The molecule has 1 saturated heterocycles. The molecule has 1 fully saturated rings. The van der Waals surface area contributed by atoms with Crippen molar-refractivity contribution in [3.8, 4) is 0 Å². The monoisotopic (exact) mass is 102 g/mol. The second kappa shape index (κ2) is 1.93. The molecule has 0 aliphatic carbocycles. The summed E-state index contributed by atoms with van der Waals surface area (Å²) < 4.78 is 0. The van der Waals surface area contributed by atoms with Gasteiger partial charge in [0.05, 0.1) is 0 Å². The molecule has 0 aromatic rings. The van der Waals surface area contributed by atoms with E-state index in [1.54, 1.807) is 18.5 Å². The maximum Gasteiger partial charge on any atom is -0.0286 e. The molecule has 0 unspecified atom stereocenters. The first-order chi connectivity index (χ1) is 2.93. The molecule has 0 amide bonds. The molecular weight excluding hydrogens is 91.0 g/mol. The molecule has 0 atom stereocenters. The summed E-state index contributed by atoms with van der Waals surface area (Å²) in [6.07, 6.45) is 6.15. The summed E-state index contributed by atoms with van der Waals surface area (Å²) in [7, 11) is 0.649. The zero-order valence-corrected chi connectivity index (χ0v) is 5.17. The van der Waals surface area contributed by atoms with Crippen molar-refractivity contribution in [1.29, 1.82) is 0 Å². The summed E-state index contributed by atoms with van der Waals surface area (Å²) >= 11 is 0. The van der Waals surface area contributed by atoms with E-state index in [1.807, 2.05) is 0 Å². The minimum Gasteiger partial charge on any atom is -0.106 e. The van der Waals surface area contributed by atoms with E-state index < -0.39 is 0 Å². The third kappa shape index (κ3) is 1.26. The van der Waals surface area contributed by atoms with Crippen LogP contribution in [-0.2, 0) is 0 Å². The minimum atomic E-state index is 0.649. The molecule has 6 heavy (non-hydrogen) atoms. The predicted octanol–water partition coefficient (Wildman–Crippen LogP) is 1.89. The van der Waals surface area contributed by atoms with Gasteiger partial charge in [-0.05, 0) is 18.5 Å². The Balaban J connectivity index is 1.88. The van der Waals surface area contributed by atoms with Crippen molar-refractivity contribution in [3.63, 3.8) is 0 Å². The van der Waals surface area contributed by atoms with Gasteiger partial charge < -0.3 is 0 Å². The van der Waals surface area contributed by atoms with Gasteiger partial charge in [0, 0.05) is 0 Å². The van der Waals surface area contributed by atoms with Crippen molar-refractivity contribution in [2.45, 2.75) is 13.3 Å². The standard InChI is InChI=1S/C5H11P/c1-2-3-6-4-5-6/h2-5H2,1H3. The van der Waals surface area contributed by atoms with Crippen LogP contribution in [0.3, 0.4) is 0 Å². The molecular formula is C5H11P. The number of hydrogen-bond acceptors (Lipinski definition) is 0. The Labute approximate surface area is 40.7 Å². The molecule has 0 radical (unpaired) electrons. The molecule has 36 valence electrons. The van der Waals surface area contributed by atoms with Crippen LogP contribution in [-0.4, -0.2) is 18.5 Å². The third-order valence-corrected chi connectivity index (χ3v) is 3.24. The topological polar surface area (TPSA) is 0 Å². The van der Waals surface area contributed by atoms with Crippen molar-refractivity contribution in [2.24, 2.45) is 0 Å². The minimum absolute atomic E-state index is 0.649. The molecule has 1 aliphatic heterocycles. The highest BCUT2D eigenvalue weighted by molar-refractivity contribution is 7.65. The predicted molar refractivity (Wildman–Crippen MR) is 31.8 cm³/mol. The Bertz CT molecular complexity index is 39.2. The van der Waals surface area contributed by atoms with Crippen LogP contribution in [0.4, 0.5) is 0 Å². The Morgan fingerprint density at radius 1 is 1.50 bits per heavy atom. The van der Waals surface area contributed by atoms with Gasteiger partial charge in [0.15, 0.2) is 0 Å². The van der Waals surface area contributed by atoms with Gasteiger partial charge in [0.25, 0.3) is 0 Å². The molecule has 1 heteroatoms. The lowest BCUT2D eigenvalue weighted by atomic mass is 10.6. The fourth-order valence-electron chi connectivity index (χ4n) is 0.611. The van der Waals surface area contributed by atoms with Crippen LogP contribution in [0.2, 0.25) is 0 Å². The molecule has 0 aromatic heterocycles. The summed E-state index contributed by atoms with van der Waals surface area (Å²) in [6, 6.07) is 0. The summed E-state index contributed by atoms with van der Waals surface area (Å²) in [5.74, 6) is 0. The van der Waals surface area contributed by atoms with Crippen LogP contribution in [0, 0.1) is 0 Å². The fourth-order valence-corrected chi connectivity index (χ4v) is 2.26. The van der Waals surface area contributed by atoms with Crippen molar-refractivity contribution >= 4 is 7.92 Å². The Morgan fingerprint density at radius 3 is 2.33 bits per heavy atom. The molecule has 0 N–H and O–H groups in total.